The molecule has 0 fully saturated rings. The second kappa shape index (κ2) is 7.13. The van der Waals surface area contributed by atoms with Crippen LogP contribution in [0.1, 0.15) is 0 Å². The van der Waals surface area contributed by atoms with Crippen molar-refractivity contribution in [2.45, 2.75) is 6.10 Å². The third kappa shape index (κ3) is 3.86. The molecule has 0 saturated carbocycles. The van der Waals surface area contributed by atoms with Crippen LogP contribution in [-0.2, 0) is 9.47 Å². The lowest BCUT2D eigenvalue weighted by Crippen LogP contribution is -2.27. The normalized spacial score (nSPS) is 12.3. The number of ether oxygens (including phenoxy) is 2. The van der Waals surface area contributed by atoms with E-state index in [0.29, 0.717) is 25.0 Å². The van der Waals surface area contributed by atoms with E-state index < -0.39 is 0 Å². The van der Waals surface area contributed by atoms with Gasteiger partial charge in [0.15, 0.2) is 0 Å². The summed E-state index contributed by atoms with van der Waals surface area (Å²) in [7, 11) is 3.23. The van der Waals surface area contributed by atoms with E-state index in [9.17, 15) is 0 Å². The molecule has 9 heteroatoms. The number of hydrogen-bond acceptors (Lipinski definition) is 7. The van der Waals surface area contributed by atoms with Gasteiger partial charge in [0.1, 0.15) is 6.33 Å². The molecule has 0 amide bonds. The average Bonchev–Trinajstić information content (AvgIpc) is 2.97. The largest absolute Gasteiger partial charge is 0.382 e. The Labute approximate surface area is 121 Å². The number of halogens is 1. The zero-order valence-corrected chi connectivity index (χ0v) is 11.9. The molecule has 0 aromatic carbocycles. The summed E-state index contributed by atoms with van der Waals surface area (Å²) in [6.07, 6.45) is 4.83. The maximum Gasteiger partial charge on any atom is 0.241 e. The summed E-state index contributed by atoms with van der Waals surface area (Å²) in [5.74, 6) is 0.762. The second-order valence-electron chi connectivity index (χ2n) is 3.89. The molecule has 1 atom stereocenters. The van der Waals surface area contributed by atoms with Gasteiger partial charge in [-0.25, -0.2) is 4.98 Å². The molecule has 1 unspecified atom stereocenters. The van der Waals surface area contributed by atoms with Crippen LogP contribution in [0.3, 0.4) is 0 Å². The van der Waals surface area contributed by atoms with Crippen LogP contribution in [0, 0.1) is 0 Å². The molecule has 2 aromatic heterocycles. The molecule has 0 spiro atoms. The summed E-state index contributed by atoms with van der Waals surface area (Å²) < 4.78 is 11.9. The molecule has 0 radical (unpaired) electrons. The fraction of sp³-hybridized carbons (Fsp3) is 0.455. The van der Waals surface area contributed by atoms with E-state index in [1.54, 1.807) is 37.5 Å². The minimum Gasteiger partial charge on any atom is -0.382 e. The molecule has 2 aromatic rings. The van der Waals surface area contributed by atoms with Crippen LogP contribution in [0.4, 0.5) is 5.95 Å². The standard InChI is InChI=1S/C11H15ClN6O2/c1-19-6-8(20-2)5-14-10-15-9(12)16-11(17-10)18-4-3-13-7-18/h3-4,7-8H,5-6H2,1-2H3,(H,14,15,16,17). The number of nitrogens with one attached hydrogen (secondary N) is 1. The Morgan fingerprint density at radius 1 is 1.35 bits per heavy atom. The molecule has 0 aliphatic heterocycles. The first kappa shape index (κ1) is 14.6. The molecular weight excluding hydrogens is 284 g/mol. The summed E-state index contributed by atoms with van der Waals surface area (Å²) in [5, 5.41) is 3.14. The molecule has 20 heavy (non-hydrogen) atoms. The Morgan fingerprint density at radius 2 is 2.20 bits per heavy atom. The lowest BCUT2D eigenvalue weighted by atomic mass is 10.4. The quantitative estimate of drug-likeness (QED) is 0.808. The first-order chi connectivity index (χ1) is 9.72. The Bertz CT molecular complexity index is 536. The summed E-state index contributed by atoms with van der Waals surface area (Å²) in [5.41, 5.74) is 0. The van der Waals surface area contributed by atoms with Crippen LogP contribution < -0.4 is 5.32 Å². The highest BCUT2D eigenvalue weighted by atomic mass is 35.5. The second-order valence-corrected chi connectivity index (χ2v) is 4.23. The Hall–Kier alpha value is -1.77. The molecule has 0 bridgehead atoms. The van der Waals surface area contributed by atoms with E-state index in [0.717, 1.165) is 0 Å². The first-order valence-corrected chi connectivity index (χ1v) is 6.26. The molecule has 108 valence electrons. The van der Waals surface area contributed by atoms with Gasteiger partial charge in [0, 0.05) is 33.2 Å². The fourth-order valence-electron chi connectivity index (χ4n) is 1.51. The molecule has 2 rings (SSSR count). The molecule has 0 saturated heterocycles. The summed E-state index contributed by atoms with van der Waals surface area (Å²) >= 11 is 5.89. The maximum absolute atomic E-state index is 5.89. The highest BCUT2D eigenvalue weighted by molar-refractivity contribution is 6.28. The van der Waals surface area contributed by atoms with Crippen LogP contribution >= 0.6 is 11.6 Å². The molecular formula is C11H15ClN6O2. The van der Waals surface area contributed by atoms with Crippen LogP contribution in [0.2, 0.25) is 5.28 Å². The molecule has 0 aliphatic rings. The molecule has 8 nitrogen and oxygen atoms in total. The van der Waals surface area contributed by atoms with E-state index in [-0.39, 0.29) is 11.4 Å². The van der Waals surface area contributed by atoms with E-state index in [1.807, 2.05) is 0 Å². The zero-order chi connectivity index (χ0) is 14.4. The van der Waals surface area contributed by atoms with E-state index in [4.69, 9.17) is 21.1 Å². The number of anilines is 1. The van der Waals surface area contributed by atoms with Crippen molar-refractivity contribution in [1.82, 2.24) is 24.5 Å². The third-order valence-corrected chi connectivity index (χ3v) is 2.67. The Morgan fingerprint density at radius 3 is 2.85 bits per heavy atom. The van der Waals surface area contributed by atoms with Crippen molar-refractivity contribution in [2.24, 2.45) is 0 Å². The van der Waals surface area contributed by atoms with Crippen molar-refractivity contribution in [1.29, 1.82) is 0 Å². The van der Waals surface area contributed by atoms with E-state index >= 15 is 0 Å². The molecule has 1 N–H and O–H groups in total. The maximum atomic E-state index is 5.89. The number of nitrogens with zero attached hydrogens (tertiary/aromatic N) is 5. The van der Waals surface area contributed by atoms with Crippen molar-refractivity contribution in [3.05, 3.63) is 24.0 Å². The summed E-state index contributed by atoms with van der Waals surface area (Å²) in [4.78, 5) is 16.2. The SMILES string of the molecule is COCC(CNc1nc(Cl)nc(-n2ccnc2)n1)OC. The van der Waals surface area contributed by atoms with Crippen molar-refractivity contribution >= 4 is 17.5 Å². The van der Waals surface area contributed by atoms with Gasteiger partial charge in [0.2, 0.25) is 17.2 Å². The third-order valence-electron chi connectivity index (χ3n) is 2.51. The minimum atomic E-state index is -0.104. The lowest BCUT2D eigenvalue weighted by Gasteiger charge is -2.15. The summed E-state index contributed by atoms with van der Waals surface area (Å²) in [6.45, 7) is 0.963. The predicted molar refractivity (Wildman–Crippen MR) is 73.1 cm³/mol. The van der Waals surface area contributed by atoms with Gasteiger partial charge in [-0.15, -0.1) is 0 Å². The van der Waals surface area contributed by atoms with E-state index in [1.165, 1.54) is 0 Å². The zero-order valence-electron chi connectivity index (χ0n) is 11.2. The predicted octanol–water partition coefficient (Wildman–Crippen LogP) is 0.784. The topological polar surface area (TPSA) is 87.0 Å². The minimum absolute atomic E-state index is 0.104. The highest BCUT2D eigenvalue weighted by Crippen LogP contribution is 2.09. The number of rotatable bonds is 7. The van der Waals surface area contributed by atoms with Crippen LogP contribution in [0.25, 0.3) is 5.95 Å². The van der Waals surface area contributed by atoms with Crippen LogP contribution in [-0.4, -0.2) is 58.0 Å². The first-order valence-electron chi connectivity index (χ1n) is 5.88. The van der Waals surface area contributed by atoms with Gasteiger partial charge in [-0.2, -0.15) is 15.0 Å². The van der Waals surface area contributed by atoms with Gasteiger partial charge < -0.3 is 14.8 Å². The number of imidazole rings is 1. The van der Waals surface area contributed by atoms with Crippen LogP contribution in [0.15, 0.2) is 18.7 Å². The smallest absolute Gasteiger partial charge is 0.241 e. The van der Waals surface area contributed by atoms with Gasteiger partial charge in [-0.05, 0) is 11.6 Å². The molecule has 2 heterocycles. The van der Waals surface area contributed by atoms with Gasteiger partial charge in [0.25, 0.3) is 0 Å². The van der Waals surface area contributed by atoms with Gasteiger partial charge in [-0.1, -0.05) is 0 Å². The Kier molecular flexibility index (Phi) is 5.22. The van der Waals surface area contributed by atoms with Gasteiger partial charge >= 0.3 is 0 Å². The van der Waals surface area contributed by atoms with Crippen molar-refractivity contribution in [2.75, 3.05) is 32.7 Å². The van der Waals surface area contributed by atoms with Crippen molar-refractivity contribution in [3.8, 4) is 5.95 Å². The average molecular weight is 299 g/mol. The van der Waals surface area contributed by atoms with Crippen molar-refractivity contribution in [3.63, 3.8) is 0 Å². The fourth-order valence-corrected chi connectivity index (χ4v) is 1.67. The highest BCUT2D eigenvalue weighted by Gasteiger charge is 2.10. The number of hydrogen-bond donors (Lipinski definition) is 1. The number of methoxy groups -OCH3 is 2. The van der Waals surface area contributed by atoms with Gasteiger partial charge in [-0.3, -0.25) is 4.57 Å². The lowest BCUT2D eigenvalue weighted by molar-refractivity contribution is 0.0365. The van der Waals surface area contributed by atoms with E-state index in [2.05, 4.69) is 25.3 Å². The molecule has 0 aliphatic carbocycles. The Balaban J connectivity index is 2.08. The number of aromatic nitrogens is 5. The van der Waals surface area contributed by atoms with Crippen molar-refractivity contribution < 1.29 is 9.47 Å². The summed E-state index contributed by atoms with van der Waals surface area (Å²) in [6, 6.07) is 0. The van der Waals surface area contributed by atoms with Crippen LogP contribution in [0.5, 0.6) is 0 Å². The monoisotopic (exact) mass is 298 g/mol. The van der Waals surface area contributed by atoms with Gasteiger partial charge in [0.05, 0.1) is 12.7 Å².